The van der Waals surface area contributed by atoms with Crippen LogP contribution in [-0.2, 0) is 4.74 Å². The molecule has 4 rings (SSSR count). The molecule has 8 nitrogen and oxygen atoms in total. The maximum atomic E-state index is 12.4. The summed E-state index contributed by atoms with van der Waals surface area (Å²) in [4.78, 5) is 12.4. The SMILES string of the molecule is O=c1cc(-c2ccccc2)oc2cc(O[C@@H]3O[C@H](CO)[C@@H](O)[C@@H](O)[C@@H]3O)ccc12. The Bertz CT molecular complexity index is 1050. The van der Waals surface area contributed by atoms with E-state index in [1.807, 2.05) is 30.3 Å². The molecule has 8 heteroatoms. The molecule has 0 radical (unpaired) electrons. The van der Waals surface area contributed by atoms with E-state index in [-0.39, 0.29) is 16.8 Å². The number of ether oxygens (including phenoxy) is 2. The smallest absolute Gasteiger partial charge is 0.229 e. The van der Waals surface area contributed by atoms with Crippen LogP contribution >= 0.6 is 0 Å². The molecule has 0 spiro atoms. The Morgan fingerprint density at radius 2 is 1.69 bits per heavy atom. The highest BCUT2D eigenvalue weighted by Crippen LogP contribution is 2.28. The van der Waals surface area contributed by atoms with Gasteiger partial charge in [-0.1, -0.05) is 30.3 Å². The first-order valence-corrected chi connectivity index (χ1v) is 9.08. The number of benzene rings is 2. The summed E-state index contributed by atoms with van der Waals surface area (Å²) < 4.78 is 16.8. The van der Waals surface area contributed by atoms with Crippen LogP contribution in [0.1, 0.15) is 0 Å². The van der Waals surface area contributed by atoms with Gasteiger partial charge in [0.25, 0.3) is 0 Å². The van der Waals surface area contributed by atoms with Gasteiger partial charge in [0, 0.05) is 17.7 Å². The summed E-state index contributed by atoms with van der Waals surface area (Å²) in [5.74, 6) is 0.614. The van der Waals surface area contributed by atoms with Crippen molar-refractivity contribution in [3.05, 3.63) is 64.8 Å². The average Bonchev–Trinajstić information content (AvgIpc) is 2.74. The van der Waals surface area contributed by atoms with E-state index in [2.05, 4.69) is 0 Å². The van der Waals surface area contributed by atoms with Crippen LogP contribution in [0.5, 0.6) is 5.75 Å². The third-order valence-electron chi connectivity index (χ3n) is 4.86. The molecule has 29 heavy (non-hydrogen) atoms. The van der Waals surface area contributed by atoms with Crippen LogP contribution < -0.4 is 10.2 Å². The predicted octanol–water partition coefficient (Wildman–Crippen LogP) is 0.639. The van der Waals surface area contributed by atoms with E-state index in [0.29, 0.717) is 11.1 Å². The van der Waals surface area contributed by atoms with Crippen molar-refractivity contribution in [1.82, 2.24) is 0 Å². The Hall–Kier alpha value is -2.75. The zero-order valence-corrected chi connectivity index (χ0v) is 15.2. The summed E-state index contributed by atoms with van der Waals surface area (Å²) in [7, 11) is 0. The molecule has 152 valence electrons. The first kappa shape index (κ1) is 19.6. The first-order chi connectivity index (χ1) is 14.0. The second-order valence-electron chi connectivity index (χ2n) is 6.81. The molecule has 2 aromatic carbocycles. The molecule has 1 fully saturated rings. The van der Waals surface area contributed by atoms with Crippen molar-refractivity contribution >= 4 is 11.0 Å². The Morgan fingerprint density at radius 3 is 2.41 bits per heavy atom. The molecule has 0 bridgehead atoms. The molecular formula is C21H20O8. The summed E-state index contributed by atoms with van der Waals surface area (Å²) in [6, 6.07) is 15.1. The van der Waals surface area contributed by atoms with Crippen LogP contribution in [0.4, 0.5) is 0 Å². The molecule has 0 unspecified atom stereocenters. The highest BCUT2D eigenvalue weighted by atomic mass is 16.7. The van der Waals surface area contributed by atoms with E-state index in [0.717, 1.165) is 5.56 Å². The van der Waals surface area contributed by atoms with Crippen molar-refractivity contribution in [3.8, 4) is 17.1 Å². The molecule has 1 aromatic heterocycles. The van der Waals surface area contributed by atoms with Crippen LogP contribution in [0.25, 0.3) is 22.3 Å². The second-order valence-corrected chi connectivity index (χ2v) is 6.81. The highest BCUT2D eigenvalue weighted by Gasteiger charge is 2.44. The van der Waals surface area contributed by atoms with Crippen molar-refractivity contribution in [1.29, 1.82) is 0 Å². The molecule has 0 amide bonds. The van der Waals surface area contributed by atoms with Crippen molar-refractivity contribution < 1.29 is 34.3 Å². The van der Waals surface area contributed by atoms with Gasteiger partial charge in [0.15, 0.2) is 5.43 Å². The number of rotatable bonds is 4. The van der Waals surface area contributed by atoms with Crippen molar-refractivity contribution in [2.24, 2.45) is 0 Å². The zero-order valence-electron chi connectivity index (χ0n) is 15.2. The molecule has 2 heterocycles. The fourth-order valence-corrected chi connectivity index (χ4v) is 3.25. The van der Waals surface area contributed by atoms with Gasteiger partial charge in [-0.15, -0.1) is 0 Å². The number of aliphatic hydroxyl groups is 4. The van der Waals surface area contributed by atoms with Gasteiger partial charge in [0.05, 0.1) is 12.0 Å². The molecule has 1 aliphatic rings. The Balaban J connectivity index is 1.66. The van der Waals surface area contributed by atoms with Crippen LogP contribution in [0.2, 0.25) is 0 Å². The number of hydrogen-bond donors (Lipinski definition) is 4. The van der Waals surface area contributed by atoms with Crippen molar-refractivity contribution in [2.45, 2.75) is 30.7 Å². The maximum absolute atomic E-state index is 12.4. The summed E-state index contributed by atoms with van der Waals surface area (Å²) >= 11 is 0. The minimum Gasteiger partial charge on any atom is -0.462 e. The Labute approximate surface area is 165 Å². The Morgan fingerprint density at radius 1 is 0.931 bits per heavy atom. The van der Waals surface area contributed by atoms with E-state index >= 15 is 0 Å². The zero-order chi connectivity index (χ0) is 20.5. The molecule has 4 N–H and O–H groups in total. The predicted molar refractivity (Wildman–Crippen MR) is 102 cm³/mol. The van der Waals surface area contributed by atoms with Gasteiger partial charge < -0.3 is 34.3 Å². The second kappa shape index (κ2) is 7.94. The van der Waals surface area contributed by atoms with Crippen LogP contribution in [-0.4, -0.2) is 57.7 Å². The third-order valence-corrected chi connectivity index (χ3v) is 4.86. The molecule has 3 aromatic rings. The largest absolute Gasteiger partial charge is 0.462 e. The van der Waals surface area contributed by atoms with Gasteiger partial charge in [-0.25, -0.2) is 0 Å². The third kappa shape index (κ3) is 3.76. The number of hydrogen-bond acceptors (Lipinski definition) is 8. The van der Waals surface area contributed by atoms with E-state index in [1.165, 1.54) is 24.3 Å². The number of aliphatic hydroxyl groups excluding tert-OH is 4. The molecule has 1 saturated heterocycles. The summed E-state index contributed by atoms with van der Waals surface area (Å²) in [6.45, 7) is -0.558. The van der Waals surface area contributed by atoms with Gasteiger partial charge in [-0.3, -0.25) is 4.79 Å². The monoisotopic (exact) mass is 400 g/mol. The minimum atomic E-state index is -1.55. The summed E-state index contributed by atoms with van der Waals surface area (Å²) in [5, 5.41) is 39.5. The minimum absolute atomic E-state index is 0.218. The quantitative estimate of drug-likeness (QED) is 0.502. The lowest BCUT2D eigenvalue weighted by atomic mass is 9.99. The van der Waals surface area contributed by atoms with Crippen molar-refractivity contribution in [3.63, 3.8) is 0 Å². The van der Waals surface area contributed by atoms with E-state index < -0.39 is 37.3 Å². The lowest BCUT2D eigenvalue weighted by Gasteiger charge is -2.39. The molecule has 5 atom stereocenters. The summed E-state index contributed by atoms with van der Waals surface area (Å²) in [5.41, 5.74) is 0.801. The number of fused-ring (bicyclic) bond motifs is 1. The highest BCUT2D eigenvalue weighted by molar-refractivity contribution is 5.80. The lowest BCUT2D eigenvalue weighted by Crippen LogP contribution is -2.60. The lowest BCUT2D eigenvalue weighted by molar-refractivity contribution is -0.277. The fourth-order valence-electron chi connectivity index (χ4n) is 3.25. The van der Waals surface area contributed by atoms with Gasteiger partial charge >= 0.3 is 0 Å². The molecular weight excluding hydrogens is 380 g/mol. The van der Waals surface area contributed by atoms with E-state index in [1.54, 1.807) is 0 Å². The van der Waals surface area contributed by atoms with Crippen molar-refractivity contribution in [2.75, 3.05) is 6.61 Å². The molecule has 0 aliphatic carbocycles. The van der Waals surface area contributed by atoms with Gasteiger partial charge in [-0.05, 0) is 12.1 Å². The molecule has 1 aliphatic heterocycles. The maximum Gasteiger partial charge on any atom is 0.229 e. The molecule has 0 saturated carbocycles. The first-order valence-electron chi connectivity index (χ1n) is 9.08. The van der Waals surface area contributed by atoms with E-state index in [9.17, 15) is 25.2 Å². The summed E-state index contributed by atoms with van der Waals surface area (Å²) in [6.07, 6.45) is -6.97. The topological polar surface area (TPSA) is 130 Å². The van der Waals surface area contributed by atoms with Gasteiger partial charge in [-0.2, -0.15) is 0 Å². The van der Waals surface area contributed by atoms with E-state index in [4.69, 9.17) is 13.9 Å². The average molecular weight is 400 g/mol. The fraction of sp³-hybridized carbons (Fsp3) is 0.286. The van der Waals surface area contributed by atoms with Crippen LogP contribution in [0, 0.1) is 0 Å². The normalized spacial score (nSPS) is 27.1. The Kier molecular flexibility index (Phi) is 5.35. The van der Waals surface area contributed by atoms with Crippen LogP contribution in [0.15, 0.2) is 63.8 Å². The standard InChI is InChI=1S/C21H20O8/c22-10-17-18(24)19(25)20(26)21(29-17)27-12-6-7-13-14(23)9-15(28-16(13)8-12)11-4-2-1-3-5-11/h1-9,17-22,24-26H,10H2/t17-,18-,19-,20+,21-/m1/s1. The van der Waals surface area contributed by atoms with Gasteiger partial charge in [0.2, 0.25) is 6.29 Å². The van der Waals surface area contributed by atoms with Crippen LogP contribution in [0.3, 0.4) is 0 Å². The van der Waals surface area contributed by atoms with Gasteiger partial charge in [0.1, 0.15) is 41.5 Å².